The molecule has 0 aromatic heterocycles. The molecule has 4 nitrogen and oxygen atoms in total. The summed E-state index contributed by atoms with van der Waals surface area (Å²) in [6, 6.07) is 2.11. The van der Waals surface area contributed by atoms with E-state index < -0.39 is 5.91 Å². The molecular weight excluding hydrogens is 230 g/mol. The van der Waals surface area contributed by atoms with Crippen LogP contribution >= 0.6 is 0 Å². The SMILES string of the molecule is COc1c(C)c(C)cc(C)c1CCNC(=O)C=O. The van der Waals surface area contributed by atoms with E-state index in [-0.39, 0.29) is 6.29 Å². The van der Waals surface area contributed by atoms with Crippen molar-refractivity contribution in [3.63, 3.8) is 0 Å². The normalized spacial score (nSPS) is 10.0. The van der Waals surface area contributed by atoms with Crippen LogP contribution in [-0.2, 0) is 16.0 Å². The number of benzene rings is 1. The molecular formula is C14H19NO3. The summed E-state index contributed by atoms with van der Waals surface area (Å²) in [6.45, 7) is 6.51. The van der Waals surface area contributed by atoms with Gasteiger partial charge in [-0.15, -0.1) is 0 Å². The van der Waals surface area contributed by atoms with E-state index >= 15 is 0 Å². The molecule has 4 heteroatoms. The molecule has 0 aliphatic rings. The molecule has 1 aromatic carbocycles. The lowest BCUT2D eigenvalue weighted by molar-refractivity contribution is -0.131. The van der Waals surface area contributed by atoms with Crippen LogP contribution in [0.3, 0.4) is 0 Å². The molecule has 0 fully saturated rings. The Balaban J connectivity index is 2.91. The van der Waals surface area contributed by atoms with Gasteiger partial charge in [-0.3, -0.25) is 9.59 Å². The highest BCUT2D eigenvalue weighted by molar-refractivity contribution is 6.23. The number of hydrogen-bond acceptors (Lipinski definition) is 3. The van der Waals surface area contributed by atoms with Crippen molar-refractivity contribution in [1.82, 2.24) is 5.32 Å². The molecule has 1 aromatic rings. The molecule has 0 aliphatic carbocycles. The minimum Gasteiger partial charge on any atom is -0.496 e. The van der Waals surface area contributed by atoms with Gasteiger partial charge in [0.25, 0.3) is 5.91 Å². The number of rotatable bonds is 5. The standard InChI is InChI=1S/C14H19NO3/c1-9-7-10(2)12(14(18-4)11(9)3)5-6-15-13(17)8-16/h7-8H,5-6H2,1-4H3,(H,15,17). The van der Waals surface area contributed by atoms with Crippen LogP contribution in [0.25, 0.3) is 0 Å². The van der Waals surface area contributed by atoms with Gasteiger partial charge in [-0.25, -0.2) is 0 Å². The largest absolute Gasteiger partial charge is 0.496 e. The van der Waals surface area contributed by atoms with Gasteiger partial charge in [-0.05, 0) is 49.4 Å². The van der Waals surface area contributed by atoms with Crippen LogP contribution in [0, 0.1) is 20.8 Å². The Morgan fingerprint density at radius 3 is 2.56 bits per heavy atom. The molecule has 0 saturated heterocycles. The van der Waals surface area contributed by atoms with Gasteiger partial charge in [0.2, 0.25) is 6.29 Å². The van der Waals surface area contributed by atoms with E-state index in [9.17, 15) is 9.59 Å². The first-order valence-corrected chi connectivity index (χ1v) is 5.88. The van der Waals surface area contributed by atoms with E-state index in [2.05, 4.69) is 11.4 Å². The van der Waals surface area contributed by atoms with Gasteiger partial charge in [-0.1, -0.05) is 6.07 Å². The van der Waals surface area contributed by atoms with Crippen LogP contribution in [0.2, 0.25) is 0 Å². The van der Waals surface area contributed by atoms with Gasteiger partial charge in [0, 0.05) is 6.54 Å². The van der Waals surface area contributed by atoms with Crippen LogP contribution in [0.1, 0.15) is 22.3 Å². The Morgan fingerprint density at radius 1 is 1.33 bits per heavy atom. The number of methoxy groups -OCH3 is 1. The predicted octanol–water partition coefficient (Wildman–Crippen LogP) is 1.48. The van der Waals surface area contributed by atoms with E-state index in [1.54, 1.807) is 7.11 Å². The van der Waals surface area contributed by atoms with E-state index in [4.69, 9.17) is 4.74 Å². The van der Waals surface area contributed by atoms with Crippen molar-refractivity contribution >= 4 is 12.2 Å². The van der Waals surface area contributed by atoms with Crippen molar-refractivity contribution in [2.75, 3.05) is 13.7 Å². The number of carbonyl (C=O) groups is 2. The summed E-state index contributed by atoms with van der Waals surface area (Å²) in [5, 5.41) is 2.53. The molecule has 0 saturated carbocycles. The van der Waals surface area contributed by atoms with Gasteiger partial charge in [-0.2, -0.15) is 0 Å². The lowest BCUT2D eigenvalue weighted by atomic mass is 9.97. The van der Waals surface area contributed by atoms with Crippen LogP contribution in [0.5, 0.6) is 5.75 Å². The molecule has 0 radical (unpaired) electrons. The highest BCUT2D eigenvalue weighted by atomic mass is 16.5. The van der Waals surface area contributed by atoms with E-state index in [0.29, 0.717) is 13.0 Å². The molecule has 0 bridgehead atoms. The number of aryl methyl sites for hydroxylation is 2. The smallest absolute Gasteiger partial charge is 0.284 e. The van der Waals surface area contributed by atoms with Crippen molar-refractivity contribution in [2.45, 2.75) is 27.2 Å². The first-order chi connectivity index (χ1) is 8.51. The average molecular weight is 249 g/mol. The highest BCUT2D eigenvalue weighted by Gasteiger charge is 2.12. The van der Waals surface area contributed by atoms with Crippen molar-refractivity contribution in [2.24, 2.45) is 0 Å². The molecule has 18 heavy (non-hydrogen) atoms. The van der Waals surface area contributed by atoms with E-state index in [0.717, 1.165) is 22.4 Å². The third-order valence-electron chi connectivity index (χ3n) is 3.10. The molecule has 1 N–H and O–H groups in total. The maximum Gasteiger partial charge on any atom is 0.284 e. The molecule has 0 aliphatic heterocycles. The fraction of sp³-hybridized carbons (Fsp3) is 0.429. The second-order valence-corrected chi connectivity index (χ2v) is 4.31. The number of nitrogens with one attached hydrogen (secondary N) is 1. The Morgan fingerprint density at radius 2 is 2.00 bits per heavy atom. The Hall–Kier alpha value is -1.84. The Bertz CT molecular complexity index is 467. The van der Waals surface area contributed by atoms with Crippen molar-refractivity contribution in [1.29, 1.82) is 0 Å². The molecule has 0 unspecified atom stereocenters. The summed E-state index contributed by atoms with van der Waals surface area (Å²) in [4.78, 5) is 21.1. The van der Waals surface area contributed by atoms with Crippen molar-refractivity contribution in [3.8, 4) is 5.75 Å². The number of ether oxygens (including phenoxy) is 1. The third-order valence-corrected chi connectivity index (χ3v) is 3.10. The quantitative estimate of drug-likeness (QED) is 0.635. The summed E-state index contributed by atoms with van der Waals surface area (Å²) in [7, 11) is 1.65. The van der Waals surface area contributed by atoms with Gasteiger partial charge >= 0.3 is 0 Å². The zero-order valence-electron chi connectivity index (χ0n) is 11.3. The van der Waals surface area contributed by atoms with E-state index in [1.165, 1.54) is 5.56 Å². The molecule has 1 rings (SSSR count). The lowest BCUT2D eigenvalue weighted by Crippen LogP contribution is -2.26. The van der Waals surface area contributed by atoms with Crippen LogP contribution in [-0.4, -0.2) is 25.8 Å². The summed E-state index contributed by atoms with van der Waals surface area (Å²) >= 11 is 0. The third kappa shape index (κ3) is 3.09. The van der Waals surface area contributed by atoms with Crippen molar-refractivity contribution in [3.05, 3.63) is 28.3 Å². The van der Waals surface area contributed by atoms with Gasteiger partial charge < -0.3 is 10.1 Å². The zero-order valence-corrected chi connectivity index (χ0v) is 11.3. The average Bonchev–Trinajstić information content (AvgIpc) is 2.35. The Labute approximate surface area is 107 Å². The second kappa shape index (κ2) is 6.19. The number of aldehydes is 1. The monoisotopic (exact) mass is 249 g/mol. The van der Waals surface area contributed by atoms with E-state index in [1.807, 2.05) is 20.8 Å². The maximum atomic E-state index is 10.9. The fourth-order valence-electron chi connectivity index (χ4n) is 2.04. The van der Waals surface area contributed by atoms with Crippen molar-refractivity contribution < 1.29 is 14.3 Å². The number of amides is 1. The van der Waals surface area contributed by atoms with Crippen LogP contribution in [0.4, 0.5) is 0 Å². The predicted molar refractivity (Wildman–Crippen MR) is 70.0 cm³/mol. The summed E-state index contributed by atoms with van der Waals surface area (Å²) < 4.78 is 5.44. The summed E-state index contributed by atoms with van der Waals surface area (Å²) in [6.07, 6.45) is 0.931. The van der Waals surface area contributed by atoms with Gasteiger partial charge in [0.05, 0.1) is 7.11 Å². The first-order valence-electron chi connectivity index (χ1n) is 5.88. The first kappa shape index (κ1) is 14.2. The molecule has 1 amide bonds. The zero-order chi connectivity index (χ0) is 13.7. The topological polar surface area (TPSA) is 55.4 Å². The molecule has 0 spiro atoms. The number of hydrogen-bond donors (Lipinski definition) is 1. The Kier molecular flexibility index (Phi) is 4.89. The summed E-state index contributed by atoms with van der Waals surface area (Å²) in [5.41, 5.74) is 4.51. The molecule has 0 heterocycles. The fourth-order valence-corrected chi connectivity index (χ4v) is 2.04. The van der Waals surface area contributed by atoms with Crippen LogP contribution < -0.4 is 10.1 Å². The lowest BCUT2D eigenvalue weighted by Gasteiger charge is -2.16. The number of carbonyl (C=O) groups excluding carboxylic acids is 2. The van der Waals surface area contributed by atoms with Crippen LogP contribution in [0.15, 0.2) is 6.07 Å². The molecule has 98 valence electrons. The molecule has 0 atom stereocenters. The van der Waals surface area contributed by atoms with Gasteiger partial charge in [0.15, 0.2) is 0 Å². The highest BCUT2D eigenvalue weighted by Crippen LogP contribution is 2.29. The summed E-state index contributed by atoms with van der Waals surface area (Å²) in [5.74, 6) is 0.281. The van der Waals surface area contributed by atoms with Gasteiger partial charge in [0.1, 0.15) is 5.75 Å². The second-order valence-electron chi connectivity index (χ2n) is 4.31. The minimum atomic E-state index is -0.588. The minimum absolute atomic E-state index is 0.282. The maximum absolute atomic E-state index is 10.9.